The standard InChI is InChI=1S/C26H25N3O6/c30-21-8-7-20(23(31)27-21)29-24(32)19-6-2-5-18(22(19)25(29)33)17-4-1-3-15(13-17)14-28-11-9-16(10-12-28)26(34)35/h1-6,13,16,20H,7-12,14H2,(H,34,35)(H,27,30,31). The predicted octanol–water partition coefficient (Wildman–Crippen LogP) is 2.05. The molecule has 2 aromatic carbocycles. The maximum Gasteiger partial charge on any atom is 0.306 e. The van der Waals surface area contributed by atoms with Crippen LogP contribution in [0.15, 0.2) is 42.5 Å². The summed E-state index contributed by atoms with van der Waals surface area (Å²) in [5.41, 5.74) is 2.93. The maximum absolute atomic E-state index is 13.4. The second-order valence-electron chi connectivity index (χ2n) is 9.26. The summed E-state index contributed by atoms with van der Waals surface area (Å²) in [6.07, 6.45) is 1.42. The molecule has 0 bridgehead atoms. The molecule has 0 radical (unpaired) electrons. The highest BCUT2D eigenvalue weighted by atomic mass is 16.4. The molecule has 0 spiro atoms. The van der Waals surface area contributed by atoms with Crippen molar-refractivity contribution >= 4 is 29.6 Å². The van der Waals surface area contributed by atoms with Gasteiger partial charge in [-0.2, -0.15) is 0 Å². The predicted molar refractivity (Wildman–Crippen MR) is 124 cm³/mol. The van der Waals surface area contributed by atoms with Gasteiger partial charge in [0.1, 0.15) is 6.04 Å². The number of rotatable bonds is 5. The van der Waals surface area contributed by atoms with Crippen molar-refractivity contribution in [3.63, 3.8) is 0 Å². The smallest absolute Gasteiger partial charge is 0.306 e. The SMILES string of the molecule is O=C1CCC(N2C(=O)c3cccc(-c4cccc(CN5CCC(C(=O)O)CC5)c4)c3C2=O)C(=O)N1. The van der Waals surface area contributed by atoms with Crippen LogP contribution in [-0.2, 0) is 20.9 Å². The average molecular weight is 476 g/mol. The van der Waals surface area contributed by atoms with E-state index in [0.29, 0.717) is 38.0 Å². The van der Waals surface area contributed by atoms with Gasteiger partial charge >= 0.3 is 5.97 Å². The molecule has 180 valence electrons. The van der Waals surface area contributed by atoms with Crippen LogP contribution in [-0.4, -0.2) is 63.6 Å². The summed E-state index contributed by atoms with van der Waals surface area (Å²) in [6.45, 7) is 2.07. The first-order chi connectivity index (χ1) is 16.8. The number of likely N-dealkylation sites (tertiary alicyclic amines) is 1. The molecule has 0 aromatic heterocycles. The van der Waals surface area contributed by atoms with E-state index in [1.165, 1.54) is 0 Å². The lowest BCUT2D eigenvalue weighted by atomic mass is 9.94. The van der Waals surface area contributed by atoms with Crippen LogP contribution in [0, 0.1) is 5.92 Å². The fourth-order valence-electron chi connectivity index (χ4n) is 5.19. The maximum atomic E-state index is 13.4. The Balaban J connectivity index is 1.39. The normalized spacial score (nSPS) is 21.3. The Morgan fingerprint density at radius 3 is 2.37 bits per heavy atom. The van der Waals surface area contributed by atoms with Crippen molar-refractivity contribution in [2.75, 3.05) is 13.1 Å². The van der Waals surface area contributed by atoms with Crippen molar-refractivity contribution in [3.05, 3.63) is 59.2 Å². The molecule has 0 saturated carbocycles. The Labute approximate surface area is 201 Å². The summed E-state index contributed by atoms with van der Waals surface area (Å²) in [5.74, 6) is -3.14. The largest absolute Gasteiger partial charge is 0.481 e. The molecule has 0 aliphatic carbocycles. The zero-order valence-corrected chi connectivity index (χ0v) is 19.0. The molecule has 3 aliphatic heterocycles. The van der Waals surface area contributed by atoms with Crippen LogP contribution in [0.2, 0.25) is 0 Å². The Kier molecular flexibility index (Phi) is 5.94. The van der Waals surface area contributed by atoms with Gasteiger partial charge in [-0.3, -0.25) is 39.1 Å². The zero-order valence-electron chi connectivity index (χ0n) is 19.0. The highest BCUT2D eigenvalue weighted by molar-refractivity contribution is 6.25. The van der Waals surface area contributed by atoms with E-state index in [9.17, 15) is 29.1 Å². The molecule has 1 unspecified atom stereocenters. The zero-order chi connectivity index (χ0) is 24.7. The number of aliphatic carboxylic acids is 1. The van der Waals surface area contributed by atoms with Gasteiger partial charge in [0, 0.05) is 13.0 Å². The average Bonchev–Trinajstić information content (AvgIpc) is 3.10. The summed E-state index contributed by atoms with van der Waals surface area (Å²) in [7, 11) is 0. The van der Waals surface area contributed by atoms with Crippen LogP contribution in [0.25, 0.3) is 11.1 Å². The summed E-state index contributed by atoms with van der Waals surface area (Å²) >= 11 is 0. The fraction of sp³-hybridized carbons (Fsp3) is 0.346. The number of carboxylic acids is 1. The number of carbonyl (C=O) groups is 5. The van der Waals surface area contributed by atoms with Crippen LogP contribution in [0.4, 0.5) is 0 Å². The third-order valence-electron chi connectivity index (χ3n) is 7.05. The molecule has 2 N–H and O–H groups in total. The third kappa shape index (κ3) is 4.23. The minimum Gasteiger partial charge on any atom is -0.481 e. The van der Waals surface area contributed by atoms with Crippen molar-refractivity contribution in [1.82, 2.24) is 15.1 Å². The number of imide groups is 2. The summed E-state index contributed by atoms with van der Waals surface area (Å²) in [4.78, 5) is 64.8. The molecular weight excluding hydrogens is 450 g/mol. The second kappa shape index (κ2) is 9.07. The van der Waals surface area contributed by atoms with Gasteiger partial charge in [0.15, 0.2) is 0 Å². The lowest BCUT2D eigenvalue weighted by molar-refractivity contribution is -0.143. The van der Waals surface area contributed by atoms with E-state index in [4.69, 9.17) is 0 Å². The molecular formula is C26H25N3O6. The second-order valence-corrected chi connectivity index (χ2v) is 9.26. The molecule has 35 heavy (non-hydrogen) atoms. The van der Waals surface area contributed by atoms with Crippen LogP contribution in [0.3, 0.4) is 0 Å². The van der Waals surface area contributed by atoms with E-state index in [1.54, 1.807) is 18.2 Å². The first-order valence-corrected chi connectivity index (χ1v) is 11.7. The molecule has 2 aromatic rings. The number of nitrogens with zero attached hydrogens (tertiary/aromatic N) is 2. The molecule has 3 heterocycles. The fourth-order valence-corrected chi connectivity index (χ4v) is 5.19. The van der Waals surface area contributed by atoms with Gasteiger partial charge in [-0.15, -0.1) is 0 Å². The molecule has 4 amide bonds. The lowest BCUT2D eigenvalue weighted by Gasteiger charge is -2.30. The van der Waals surface area contributed by atoms with Gasteiger partial charge in [-0.05, 0) is 61.2 Å². The van der Waals surface area contributed by atoms with Crippen molar-refractivity contribution in [3.8, 4) is 11.1 Å². The number of hydrogen-bond acceptors (Lipinski definition) is 6. The number of carboxylic acid groups (broad SMARTS) is 1. The van der Waals surface area contributed by atoms with E-state index >= 15 is 0 Å². The number of nitrogens with one attached hydrogen (secondary N) is 1. The Morgan fingerprint density at radius 2 is 1.66 bits per heavy atom. The van der Waals surface area contributed by atoms with Crippen molar-refractivity contribution in [2.24, 2.45) is 5.92 Å². The summed E-state index contributed by atoms with van der Waals surface area (Å²) in [6, 6.07) is 11.8. The van der Waals surface area contributed by atoms with E-state index in [0.717, 1.165) is 16.0 Å². The Morgan fingerprint density at radius 1 is 0.943 bits per heavy atom. The highest BCUT2D eigenvalue weighted by Crippen LogP contribution is 2.35. The Bertz CT molecular complexity index is 1250. The summed E-state index contributed by atoms with van der Waals surface area (Å²) in [5, 5.41) is 11.4. The van der Waals surface area contributed by atoms with Gasteiger partial charge in [-0.1, -0.05) is 30.3 Å². The monoisotopic (exact) mass is 475 g/mol. The van der Waals surface area contributed by atoms with E-state index < -0.39 is 35.6 Å². The van der Waals surface area contributed by atoms with Crippen LogP contribution >= 0.6 is 0 Å². The number of hydrogen-bond donors (Lipinski definition) is 2. The molecule has 9 heteroatoms. The van der Waals surface area contributed by atoms with Crippen molar-refractivity contribution in [2.45, 2.75) is 38.3 Å². The van der Waals surface area contributed by atoms with Gasteiger partial charge in [-0.25, -0.2) is 0 Å². The third-order valence-corrected chi connectivity index (χ3v) is 7.05. The molecule has 2 saturated heterocycles. The van der Waals surface area contributed by atoms with Crippen LogP contribution in [0.5, 0.6) is 0 Å². The molecule has 9 nitrogen and oxygen atoms in total. The number of fused-ring (bicyclic) bond motifs is 1. The number of benzene rings is 2. The van der Waals surface area contributed by atoms with Crippen LogP contribution < -0.4 is 5.32 Å². The quantitative estimate of drug-likeness (QED) is 0.634. The number of piperidine rings is 2. The molecule has 5 rings (SSSR count). The first kappa shape index (κ1) is 22.9. The highest BCUT2D eigenvalue weighted by Gasteiger charge is 2.45. The van der Waals surface area contributed by atoms with Gasteiger partial charge in [0.05, 0.1) is 17.0 Å². The molecule has 2 fully saturated rings. The first-order valence-electron chi connectivity index (χ1n) is 11.7. The number of carbonyl (C=O) groups excluding carboxylic acids is 4. The molecule has 3 aliphatic rings. The van der Waals surface area contributed by atoms with Gasteiger partial charge < -0.3 is 5.11 Å². The van der Waals surface area contributed by atoms with Crippen LogP contribution in [0.1, 0.15) is 52.0 Å². The minimum atomic E-state index is -1.01. The van der Waals surface area contributed by atoms with E-state index in [-0.39, 0.29) is 29.9 Å². The summed E-state index contributed by atoms with van der Waals surface area (Å²) < 4.78 is 0. The van der Waals surface area contributed by atoms with Crippen molar-refractivity contribution < 1.29 is 29.1 Å². The van der Waals surface area contributed by atoms with Gasteiger partial charge in [0.25, 0.3) is 11.8 Å². The topological polar surface area (TPSA) is 124 Å². The Hall–Kier alpha value is -3.85. The number of amides is 4. The van der Waals surface area contributed by atoms with Crippen molar-refractivity contribution in [1.29, 1.82) is 0 Å². The van der Waals surface area contributed by atoms with E-state index in [2.05, 4.69) is 10.2 Å². The van der Waals surface area contributed by atoms with E-state index in [1.807, 2.05) is 24.3 Å². The lowest BCUT2D eigenvalue weighted by Crippen LogP contribution is -2.54. The molecule has 1 atom stereocenters. The minimum absolute atomic E-state index is 0.0719. The van der Waals surface area contributed by atoms with Gasteiger partial charge in [0.2, 0.25) is 11.8 Å².